The average Bonchev–Trinajstić information content (AvgIpc) is 2.54. The van der Waals surface area contributed by atoms with Gasteiger partial charge in [-0.25, -0.2) is 4.79 Å². The number of carbonyl (C=O) groups is 1. The summed E-state index contributed by atoms with van der Waals surface area (Å²) in [5.41, 5.74) is 0.397. The Hall–Kier alpha value is -0.400. The van der Waals surface area contributed by atoms with Gasteiger partial charge in [0.25, 0.3) is 0 Å². The zero-order valence-corrected chi connectivity index (χ0v) is 13.5. The second-order valence-electron chi connectivity index (χ2n) is 3.89. The van der Waals surface area contributed by atoms with Gasteiger partial charge in [-0.1, -0.05) is 0 Å². The molecule has 1 atom stereocenters. The molecule has 0 aliphatic carbocycles. The van der Waals surface area contributed by atoms with Crippen LogP contribution in [0.25, 0.3) is 0 Å². The molecule has 1 rings (SSSR count). The van der Waals surface area contributed by atoms with Gasteiger partial charge in [0.05, 0.1) is 12.7 Å². The van der Waals surface area contributed by atoms with Crippen molar-refractivity contribution in [3.05, 3.63) is 14.8 Å². The number of aromatic nitrogens is 2. The van der Waals surface area contributed by atoms with Crippen LogP contribution in [0.1, 0.15) is 37.0 Å². The summed E-state index contributed by atoms with van der Waals surface area (Å²) in [6.07, 6.45) is 1.15. The molecule has 0 spiro atoms. The first-order chi connectivity index (χ1) is 8.47. The predicted octanol–water partition coefficient (Wildman–Crippen LogP) is 2.75. The zero-order valence-electron chi connectivity index (χ0n) is 10.3. The smallest absolute Gasteiger partial charge is 0.343 e. The van der Waals surface area contributed by atoms with Gasteiger partial charge in [0.15, 0.2) is 0 Å². The minimum Gasteiger partial charge on any atom is -0.462 e. The summed E-state index contributed by atoms with van der Waals surface area (Å²) in [4.78, 5) is 11.7. The molecule has 0 aliphatic heterocycles. The Balaban J connectivity index is 2.77. The third kappa shape index (κ3) is 4.07. The number of hydrogen-bond acceptors (Lipinski definition) is 4. The Morgan fingerprint density at radius 1 is 1.56 bits per heavy atom. The van der Waals surface area contributed by atoms with Crippen molar-refractivity contribution in [1.29, 1.82) is 0 Å². The van der Waals surface area contributed by atoms with Crippen molar-refractivity contribution in [2.24, 2.45) is 0 Å². The molecule has 0 radical (unpaired) electrons. The zero-order chi connectivity index (χ0) is 13.7. The number of aliphatic hydroxyl groups excluding tert-OH is 1. The molecule has 0 fully saturated rings. The highest BCUT2D eigenvalue weighted by Crippen LogP contribution is 2.26. The van der Waals surface area contributed by atoms with E-state index < -0.39 is 5.97 Å². The van der Waals surface area contributed by atoms with Crippen LogP contribution in [0.15, 0.2) is 9.21 Å². The van der Waals surface area contributed by atoms with Gasteiger partial charge in [0.1, 0.15) is 14.8 Å². The van der Waals surface area contributed by atoms with Crippen LogP contribution in [0.4, 0.5) is 0 Å². The van der Waals surface area contributed by atoms with E-state index >= 15 is 0 Å². The molecule has 0 amide bonds. The second-order valence-corrected chi connectivity index (χ2v) is 5.39. The number of halogens is 2. The van der Waals surface area contributed by atoms with Crippen LogP contribution in [0.2, 0.25) is 0 Å². The van der Waals surface area contributed by atoms with Gasteiger partial charge in [-0.2, -0.15) is 5.10 Å². The maximum Gasteiger partial charge on any atom is 0.343 e. The van der Waals surface area contributed by atoms with Gasteiger partial charge in [0, 0.05) is 6.54 Å². The Kier molecular flexibility index (Phi) is 6.31. The lowest BCUT2D eigenvalue weighted by Gasteiger charge is -2.05. The highest BCUT2D eigenvalue weighted by molar-refractivity contribution is 9.11. The van der Waals surface area contributed by atoms with E-state index in [1.54, 1.807) is 18.5 Å². The van der Waals surface area contributed by atoms with Gasteiger partial charge in [-0.3, -0.25) is 4.68 Å². The molecule has 1 heterocycles. The van der Waals surface area contributed by atoms with Crippen LogP contribution in [0.3, 0.4) is 0 Å². The van der Waals surface area contributed by atoms with Crippen LogP contribution >= 0.6 is 31.9 Å². The quantitative estimate of drug-likeness (QED) is 0.767. The summed E-state index contributed by atoms with van der Waals surface area (Å²) in [7, 11) is 0. The Morgan fingerprint density at radius 3 is 2.78 bits per heavy atom. The van der Waals surface area contributed by atoms with Crippen molar-refractivity contribution < 1.29 is 14.6 Å². The SMILES string of the molecule is CCOC(=O)c1c(Br)nn(CCCC(C)O)c1Br. The molecule has 0 aromatic carbocycles. The summed E-state index contributed by atoms with van der Waals surface area (Å²) in [6.45, 7) is 4.46. The number of aliphatic hydroxyl groups is 1. The van der Waals surface area contributed by atoms with Crippen molar-refractivity contribution in [3.63, 3.8) is 0 Å². The first-order valence-electron chi connectivity index (χ1n) is 5.74. The largest absolute Gasteiger partial charge is 0.462 e. The maximum atomic E-state index is 11.7. The summed E-state index contributed by atoms with van der Waals surface area (Å²) in [5, 5.41) is 13.4. The van der Waals surface area contributed by atoms with Crippen molar-refractivity contribution in [3.8, 4) is 0 Å². The van der Waals surface area contributed by atoms with E-state index in [9.17, 15) is 9.90 Å². The third-order valence-electron chi connectivity index (χ3n) is 2.32. The molecule has 1 unspecified atom stereocenters. The fourth-order valence-electron chi connectivity index (χ4n) is 1.47. The Morgan fingerprint density at radius 2 is 2.22 bits per heavy atom. The molecule has 0 saturated heterocycles. The van der Waals surface area contributed by atoms with Crippen molar-refractivity contribution in [2.75, 3.05) is 6.61 Å². The first-order valence-corrected chi connectivity index (χ1v) is 7.33. The lowest BCUT2D eigenvalue weighted by molar-refractivity contribution is 0.0524. The van der Waals surface area contributed by atoms with E-state index in [1.165, 1.54) is 0 Å². The van der Waals surface area contributed by atoms with Crippen molar-refractivity contribution in [1.82, 2.24) is 9.78 Å². The number of rotatable bonds is 6. The van der Waals surface area contributed by atoms with E-state index in [2.05, 4.69) is 37.0 Å². The molecule has 1 aromatic rings. The van der Waals surface area contributed by atoms with E-state index in [0.717, 1.165) is 6.42 Å². The average molecular weight is 384 g/mol. The third-order valence-corrected chi connectivity index (χ3v) is 3.68. The van der Waals surface area contributed by atoms with Crippen LogP contribution in [0, 0.1) is 0 Å². The maximum absolute atomic E-state index is 11.7. The topological polar surface area (TPSA) is 64.3 Å². The molecule has 0 bridgehead atoms. The summed E-state index contributed by atoms with van der Waals surface area (Å²) in [6, 6.07) is 0. The fourth-order valence-corrected chi connectivity index (χ4v) is 2.88. The van der Waals surface area contributed by atoms with Crippen LogP contribution in [-0.2, 0) is 11.3 Å². The number of ether oxygens (including phenoxy) is 1. The van der Waals surface area contributed by atoms with Crippen molar-refractivity contribution >= 4 is 37.8 Å². The van der Waals surface area contributed by atoms with Gasteiger partial charge in [0.2, 0.25) is 0 Å². The number of carbonyl (C=O) groups excluding carboxylic acids is 1. The lowest BCUT2D eigenvalue weighted by atomic mass is 10.2. The normalized spacial score (nSPS) is 12.5. The van der Waals surface area contributed by atoms with E-state index in [1.807, 2.05) is 0 Å². The lowest BCUT2D eigenvalue weighted by Crippen LogP contribution is -2.07. The van der Waals surface area contributed by atoms with Gasteiger partial charge >= 0.3 is 5.97 Å². The molecule has 0 aliphatic rings. The predicted molar refractivity (Wildman–Crippen MR) is 74.5 cm³/mol. The Bertz CT molecular complexity index is 419. The fraction of sp³-hybridized carbons (Fsp3) is 0.636. The number of hydrogen-bond donors (Lipinski definition) is 1. The molecule has 7 heteroatoms. The van der Waals surface area contributed by atoms with Gasteiger partial charge < -0.3 is 9.84 Å². The first kappa shape index (κ1) is 15.7. The molecular weight excluding hydrogens is 368 g/mol. The molecular formula is C11H16Br2N2O3. The van der Waals surface area contributed by atoms with E-state index in [4.69, 9.17) is 4.74 Å². The molecule has 18 heavy (non-hydrogen) atoms. The van der Waals surface area contributed by atoms with E-state index in [0.29, 0.717) is 34.3 Å². The second kappa shape index (κ2) is 7.25. The number of nitrogens with zero attached hydrogens (tertiary/aromatic N) is 2. The summed E-state index contributed by atoms with van der Waals surface area (Å²) in [5.74, 6) is -0.405. The molecule has 1 N–H and O–H groups in total. The number of esters is 1. The molecule has 102 valence electrons. The molecule has 1 aromatic heterocycles. The molecule has 0 saturated carbocycles. The standard InChI is InChI=1S/C11H16Br2N2O3/c1-3-18-11(17)8-9(12)14-15(10(8)13)6-4-5-7(2)16/h7,16H,3-6H2,1-2H3. The van der Waals surface area contributed by atoms with E-state index in [-0.39, 0.29) is 6.10 Å². The minimum absolute atomic E-state index is 0.324. The number of aryl methyl sites for hydroxylation is 1. The Labute approximate surface area is 123 Å². The summed E-state index contributed by atoms with van der Waals surface area (Å²) >= 11 is 6.59. The van der Waals surface area contributed by atoms with Crippen LogP contribution in [0.5, 0.6) is 0 Å². The monoisotopic (exact) mass is 382 g/mol. The molecule has 5 nitrogen and oxygen atoms in total. The highest BCUT2D eigenvalue weighted by Gasteiger charge is 2.21. The minimum atomic E-state index is -0.405. The van der Waals surface area contributed by atoms with Crippen LogP contribution < -0.4 is 0 Å². The van der Waals surface area contributed by atoms with Gasteiger partial charge in [-0.15, -0.1) is 0 Å². The van der Waals surface area contributed by atoms with Crippen molar-refractivity contribution in [2.45, 2.75) is 39.3 Å². The van der Waals surface area contributed by atoms with Gasteiger partial charge in [-0.05, 0) is 58.5 Å². The summed E-state index contributed by atoms with van der Waals surface area (Å²) < 4.78 is 7.69. The van der Waals surface area contributed by atoms with Crippen LogP contribution in [-0.4, -0.2) is 33.6 Å². The highest BCUT2D eigenvalue weighted by atomic mass is 79.9.